The summed E-state index contributed by atoms with van der Waals surface area (Å²) in [5.74, 6) is 0.288. The van der Waals surface area contributed by atoms with Crippen LogP contribution in [0.15, 0.2) is 36.4 Å². The number of nitrogens with zero attached hydrogens (tertiary/aromatic N) is 1. The second-order valence-electron chi connectivity index (χ2n) is 8.02. The molecule has 0 saturated carbocycles. The molecular formula is C23H24ClNO5S. The van der Waals surface area contributed by atoms with Crippen molar-refractivity contribution >= 4 is 40.9 Å². The van der Waals surface area contributed by atoms with Gasteiger partial charge in [-0.15, -0.1) is 11.8 Å². The highest BCUT2D eigenvalue weighted by molar-refractivity contribution is 8.01. The van der Waals surface area contributed by atoms with Crippen LogP contribution in [-0.4, -0.2) is 42.0 Å². The van der Waals surface area contributed by atoms with Gasteiger partial charge in [0.1, 0.15) is 13.2 Å². The highest BCUT2D eigenvalue weighted by Gasteiger charge is 2.39. The topological polar surface area (TPSA) is 76.1 Å². The van der Waals surface area contributed by atoms with E-state index in [1.165, 1.54) is 11.8 Å². The van der Waals surface area contributed by atoms with E-state index in [0.717, 1.165) is 16.8 Å². The second kappa shape index (κ2) is 9.01. The van der Waals surface area contributed by atoms with Gasteiger partial charge in [-0.1, -0.05) is 37.6 Å². The molecule has 4 rings (SSSR count). The number of thioether (sulfide) groups is 1. The Morgan fingerprint density at radius 1 is 1.23 bits per heavy atom. The maximum atomic E-state index is 13.5. The number of fused-ring (bicyclic) bond motifs is 2. The molecule has 0 bridgehead atoms. The predicted molar refractivity (Wildman–Crippen MR) is 122 cm³/mol. The van der Waals surface area contributed by atoms with Gasteiger partial charge >= 0.3 is 5.97 Å². The minimum Gasteiger partial charge on any atom is -0.486 e. The van der Waals surface area contributed by atoms with E-state index < -0.39 is 11.2 Å². The number of hydrogen-bond donors (Lipinski definition) is 1. The molecule has 31 heavy (non-hydrogen) atoms. The van der Waals surface area contributed by atoms with Crippen LogP contribution in [0.1, 0.15) is 36.6 Å². The van der Waals surface area contributed by atoms with Crippen molar-refractivity contribution in [1.29, 1.82) is 0 Å². The van der Waals surface area contributed by atoms with Crippen molar-refractivity contribution in [3.63, 3.8) is 0 Å². The van der Waals surface area contributed by atoms with E-state index in [1.54, 1.807) is 11.0 Å². The summed E-state index contributed by atoms with van der Waals surface area (Å²) < 4.78 is 11.7. The lowest BCUT2D eigenvalue weighted by molar-refractivity contribution is -0.138. The van der Waals surface area contributed by atoms with Gasteiger partial charge in [-0.05, 0) is 35.7 Å². The second-order valence-corrected chi connectivity index (χ2v) is 9.77. The zero-order valence-corrected chi connectivity index (χ0v) is 18.9. The SMILES string of the molecule is CC(C)CN1C(=O)C(CC(=O)O)SC(c2cccc3c2OCCO3)c2cc(Cl)ccc21. The van der Waals surface area contributed by atoms with E-state index in [9.17, 15) is 14.7 Å². The predicted octanol–water partition coefficient (Wildman–Crippen LogP) is 4.78. The van der Waals surface area contributed by atoms with Crippen LogP contribution in [0.25, 0.3) is 0 Å². The molecule has 0 fully saturated rings. The molecule has 2 aromatic rings. The Kier molecular flexibility index (Phi) is 6.34. The molecule has 0 radical (unpaired) electrons. The molecule has 1 amide bonds. The van der Waals surface area contributed by atoms with Crippen molar-refractivity contribution < 1.29 is 24.2 Å². The van der Waals surface area contributed by atoms with Crippen LogP contribution in [0.4, 0.5) is 5.69 Å². The Bertz CT molecular complexity index is 1010. The van der Waals surface area contributed by atoms with E-state index in [2.05, 4.69) is 0 Å². The van der Waals surface area contributed by atoms with Gasteiger partial charge in [0.15, 0.2) is 11.5 Å². The number of ether oxygens (including phenoxy) is 2. The Morgan fingerprint density at radius 2 is 2.00 bits per heavy atom. The first kappa shape index (κ1) is 21.8. The molecule has 1 N–H and O–H groups in total. The van der Waals surface area contributed by atoms with Crippen molar-refractivity contribution in [2.24, 2.45) is 5.92 Å². The Hall–Kier alpha value is -2.38. The van der Waals surface area contributed by atoms with Crippen LogP contribution in [0.3, 0.4) is 0 Å². The van der Waals surface area contributed by atoms with Crippen LogP contribution in [0.2, 0.25) is 5.02 Å². The summed E-state index contributed by atoms with van der Waals surface area (Å²) in [6.45, 7) is 5.45. The summed E-state index contributed by atoms with van der Waals surface area (Å²) in [7, 11) is 0. The number of anilines is 1. The average molecular weight is 462 g/mol. The molecule has 0 spiro atoms. The number of carbonyl (C=O) groups is 2. The molecule has 0 aliphatic carbocycles. The molecular weight excluding hydrogens is 438 g/mol. The number of hydrogen-bond acceptors (Lipinski definition) is 5. The van der Waals surface area contributed by atoms with E-state index in [1.807, 2.05) is 44.2 Å². The Balaban J connectivity index is 1.90. The van der Waals surface area contributed by atoms with Gasteiger partial charge in [0.05, 0.1) is 16.9 Å². The molecule has 6 nitrogen and oxygen atoms in total. The summed E-state index contributed by atoms with van der Waals surface area (Å²) >= 11 is 7.70. The monoisotopic (exact) mass is 461 g/mol. The summed E-state index contributed by atoms with van der Waals surface area (Å²) in [5, 5.41) is 8.98. The molecule has 164 valence electrons. The minimum absolute atomic E-state index is 0.200. The molecule has 2 aromatic carbocycles. The normalized spacial score (nSPS) is 20.4. The molecule has 8 heteroatoms. The van der Waals surface area contributed by atoms with Gasteiger partial charge < -0.3 is 19.5 Å². The van der Waals surface area contributed by atoms with Crippen LogP contribution < -0.4 is 14.4 Å². The van der Waals surface area contributed by atoms with Crippen molar-refractivity contribution in [2.75, 3.05) is 24.7 Å². The van der Waals surface area contributed by atoms with Crippen molar-refractivity contribution in [3.05, 3.63) is 52.5 Å². The minimum atomic E-state index is -1.01. The molecule has 2 unspecified atom stereocenters. The third kappa shape index (κ3) is 4.48. The highest BCUT2D eigenvalue weighted by atomic mass is 35.5. The number of halogens is 1. The quantitative estimate of drug-likeness (QED) is 0.690. The number of benzene rings is 2. The lowest BCUT2D eigenvalue weighted by Gasteiger charge is -2.27. The van der Waals surface area contributed by atoms with Gasteiger partial charge in [0.25, 0.3) is 0 Å². The fraction of sp³-hybridized carbons (Fsp3) is 0.391. The zero-order chi connectivity index (χ0) is 22.1. The van der Waals surface area contributed by atoms with E-state index >= 15 is 0 Å². The van der Waals surface area contributed by atoms with Gasteiger partial charge in [0.2, 0.25) is 5.91 Å². The standard InChI is InChI=1S/C23H24ClNO5S/c1-13(2)12-25-17-7-6-14(24)10-16(17)22(31-19(23(25)28)11-20(26)27)15-4-3-5-18-21(15)30-9-8-29-18/h3-7,10,13,19,22H,8-9,11-12H2,1-2H3,(H,26,27). The third-order valence-corrected chi connectivity index (χ3v) is 6.90. The van der Waals surface area contributed by atoms with Crippen molar-refractivity contribution in [2.45, 2.75) is 30.8 Å². The third-order valence-electron chi connectivity index (χ3n) is 5.19. The van der Waals surface area contributed by atoms with Crippen LogP contribution in [-0.2, 0) is 9.59 Å². The first-order valence-corrected chi connectivity index (χ1v) is 11.5. The van der Waals surface area contributed by atoms with Crippen LogP contribution in [0, 0.1) is 5.92 Å². The van der Waals surface area contributed by atoms with E-state index in [0.29, 0.717) is 36.3 Å². The first-order chi connectivity index (χ1) is 14.8. The number of para-hydroxylation sites is 1. The van der Waals surface area contributed by atoms with Crippen LogP contribution >= 0.6 is 23.4 Å². The fourth-order valence-electron chi connectivity index (χ4n) is 3.96. The number of aliphatic carboxylic acids is 1. The first-order valence-electron chi connectivity index (χ1n) is 10.2. The summed E-state index contributed by atoms with van der Waals surface area (Å²) in [4.78, 5) is 26.8. The number of carboxylic acids is 1. The number of amides is 1. The van der Waals surface area contributed by atoms with Gasteiger partial charge in [-0.3, -0.25) is 9.59 Å². The summed E-state index contributed by atoms with van der Waals surface area (Å²) in [6, 6.07) is 11.2. The van der Waals surface area contributed by atoms with Gasteiger partial charge in [-0.2, -0.15) is 0 Å². The summed E-state index contributed by atoms with van der Waals surface area (Å²) in [5.41, 5.74) is 2.46. The lowest BCUT2D eigenvalue weighted by atomic mass is 9.99. The molecule has 2 aliphatic rings. The maximum Gasteiger partial charge on any atom is 0.305 e. The summed E-state index contributed by atoms with van der Waals surface area (Å²) in [6.07, 6.45) is -0.261. The highest BCUT2D eigenvalue weighted by Crippen LogP contribution is 2.51. The number of carboxylic acid groups (broad SMARTS) is 1. The fourth-order valence-corrected chi connectivity index (χ4v) is 5.62. The Morgan fingerprint density at radius 3 is 2.74 bits per heavy atom. The molecule has 2 aliphatic heterocycles. The van der Waals surface area contributed by atoms with Crippen molar-refractivity contribution in [1.82, 2.24) is 0 Å². The van der Waals surface area contributed by atoms with Gasteiger partial charge in [0, 0.05) is 22.8 Å². The number of rotatable bonds is 5. The van der Waals surface area contributed by atoms with E-state index in [-0.39, 0.29) is 23.5 Å². The molecule has 0 saturated heterocycles. The van der Waals surface area contributed by atoms with E-state index in [4.69, 9.17) is 21.1 Å². The van der Waals surface area contributed by atoms with Crippen LogP contribution in [0.5, 0.6) is 11.5 Å². The van der Waals surface area contributed by atoms with Gasteiger partial charge in [-0.25, -0.2) is 0 Å². The largest absolute Gasteiger partial charge is 0.486 e. The van der Waals surface area contributed by atoms with Crippen molar-refractivity contribution in [3.8, 4) is 11.5 Å². The Labute approximate surface area is 190 Å². The maximum absolute atomic E-state index is 13.5. The average Bonchev–Trinajstić information content (AvgIpc) is 2.83. The zero-order valence-electron chi connectivity index (χ0n) is 17.3. The lowest BCUT2D eigenvalue weighted by Crippen LogP contribution is -2.40. The molecule has 2 atom stereocenters. The number of carbonyl (C=O) groups excluding carboxylic acids is 1. The smallest absolute Gasteiger partial charge is 0.305 e. The molecule has 2 heterocycles. The molecule has 0 aromatic heterocycles.